The van der Waals surface area contributed by atoms with Crippen molar-refractivity contribution in [2.45, 2.75) is 32.6 Å². The van der Waals surface area contributed by atoms with Crippen molar-refractivity contribution in [1.29, 1.82) is 0 Å². The van der Waals surface area contributed by atoms with E-state index < -0.39 is 0 Å². The first kappa shape index (κ1) is 10.2. The monoisotopic (exact) mass is 200 g/mol. The third kappa shape index (κ3) is 1.43. The minimum atomic E-state index is 0.487. The predicted molar refractivity (Wildman–Crippen MR) is 62.7 cm³/mol. The van der Waals surface area contributed by atoms with Crippen molar-refractivity contribution >= 4 is 11.9 Å². The summed E-state index contributed by atoms with van der Waals surface area (Å²) in [6.07, 6.45) is 2.95. The molecule has 0 aliphatic heterocycles. The van der Waals surface area contributed by atoms with Crippen LogP contribution in [0.25, 0.3) is 5.57 Å². The Hall–Kier alpha value is -1.37. The van der Waals surface area contributed by atoms with Crippen LogP contribution in [0, 0.1) is 0 Å². The third-order valence-corrected chi connectivity index (χ3v) is 3.25. The average Bonchev–Trinajstić information content (AvgIpc) is 2.27. The molecule has 1 nitrogen and oxygen atoms in total. The lowest BCUT2D eigenvalue weighted by atomic mass is 9.69. The maximum absolute atomic E-state index is 11.0. The van der Waals surface area contributed by atoms with E-state index in [0.29, 0.717) is 5.92 Å². The van der Waals surface area contributed by atoms with Crippen molar-refractivity contribution in [3.8, 4) is 0 Å². The minimum absolute atomic E-state index is 0.487. The number of rotatable bonds is 3. The predicted octanol–water partition coefficient (Wildman–Crippen LogP) is 3.56. The zero-order valence-electron chi connectivity index (χ0n) is 9.29. The zero-order valence-corrected chi connectivity index (χ0v) is 9.29. The highest BCUT2D eigenvalue weighted by Crippen LogP contribution is 2.49. The summed E-state index contributed by atoms with van der Waals surface area (Å²) < 4.78 is 0. The fraction of sp³-hybridized carbons (Fsp3) is 0.357. The Morgan fingerprint density at radius 1 is 1.33 bits per heavy atom. The Bertz CT molecular complexity index is 415. The highest BCUT2D eigenvalue weighted by atomic mass is 16.1. The standard InChI is InChI=1S/C14H16O/c1-3-10(9-15)14-11(4-2)12-7-5-6-8-13(12)14/h5-9,11H,3-4H2,1-2H3/b14-10-. The molecule has 2 rings (SSSR count). The maximum Gasteiger partial charge on any atom is 0.146 e. The molecule has 78 valence electrons. The Kier molecular flexibility index (Phi) is 2.72. The largest absolute Gasteiger partial charge is 0.298 e. The van der Waals surface area contributed by atoms with Crippen molar-refractivity contribution in [3.05, 3.63) is 41.0 Å². The van der Waals surface area contributed by atoms with Gasteiger partial charge in [0.25, 0.3) is 0 Å². The van der Waals surface area contributed by atoms with Crippen LogP contribution in [-0.2, 0) is 4.79 Å². The van der Waals surface area contributed by atoms with E-state index in [1.54, 1.807) is 0 Å². The summed E-state index contributed by atoms with van der Waals surface area (Å²) in [6.45, 7) is 4.23. The van der Waals surface area contributed by atoms with Crippen LogP contribution >= 0.6 is 0 Å². The number of allylic oxidation sites excluding steroid dienone is 2. The molecule has 0 saturated heterocycles. The van der Waals surface area contributed by atoms with Gasteiger partial charge in [-0.3, -0.25) is 4.79 Å². The minimum Gasteiger partial charge on any atom is -0.298 e. The van der Waals surface area contributed by atoms with Gasteiger partial charge in [0.1, 0.15) is 6.29 Å². The molecule has 0 amide bonds. The van der Waals surface area contributed by atoms with Crippen LogP contribution in [0.5, 0.6) is 0 Å². The number of carbonyl (C=O) groups is 1. The molecule has 0 aromatic heterocycles. The van der Waals surface area contributed by atoms with Gasteiger partial charge >= 0.3 is 0 Å². The normalized spacial score (nSPS) is 21.6. The second-order valence-electron chi connectivity index (χ2n) is 3.96. The molecule has 0 N–H and O–H groups in total. The van der Waals surface area contributed by atoms with Gasteiger partial charge in [0.15, 0.2) is 0 Å². The molecule has 0 heterocycles. The molecule has 0 fully saturated rings. The summed E-state index contributed by atoms with van der Waals surface area (Å²) in [5.41, 5.74) is 4.95. The van der Waals surface area contributed by atoms with Crippen LogP contribution in [0.4, 0.5) is 0 Å². The smallest absolute Gasteiger partial charge is 0.146 e. The molecule has 1 aromatic carbocycles. The van der Waals surface area contributed by atoms with Gasteiger partial charge in [0, 0.05) is 5.92 Å². The van der Waals surface area contributed by atoms with E-state index in [-0.39, 0.29) is 0 Å². The van der Waals surface area contributed by atoms with Gasteiger partial charge in [-0.25, -0.2) is 0 Å². The number of carbonyl (C=O) groups excluding carboxylic acids is 1. The van der Waals surface area contributed by atoms with Gasteiger partial charge in [-0.2, -0.15) is 0 Å². The quantitative estimate of drug-likeness (QED) is 0.538. The highest BCUT2D eigenvalue weighted by Gasteiger charge is 2.31. The van der Waals surface area contributed by atoms with Gasteiger partial charge in [-0.15, -0.1) is 0 Å². The van der Waals surface area contributed by atoms with Gasteiger partial charge in [0.05, 0.1) is 0 Å². The van der Waals surface area contributed by atoms with Crippen molar-refractivity contribution in [3.63, 3.8) is 0 Å². The molecule has 0 radical (unpaired) electrons. The van der Waals surface area contributed by atoms with E-state index in [1.165, 1.54) is 16.7 Å². The van der Waals surface area contributed by atoms with Gasteiger partial charge in [-0.05, 0) is 35.1 Å². The Balaban J connectivity index is 2.53. The second-order valence-corrected chi connectivity index (χ2v) is 3.96. The Morgan fingerprint density at radius 3 is 2.67 bits per heavy atom. The highest BCUT2D eigenvalue weighted by molar-refractivity contribution is 5.96. The number of aldehydes is 1. The van der Waals surface area contributed by atoms with E-state index in [2.05, 4.69) is 25.1 Å². The molecular formula is C14H16O. The van der Waals surface area contributed by atoms with E-state index in [4.69, 9.17) is 0 Å². The number of benzene rings is 1. The first-order valence-corrected chi connectivity index (χ1v) is 5.61. The maximum atomic E-state index is 11.0. The van der Waals surface area contributed by atoms with Gasteiger partial charge in [0.2, 0.25) is 0 Å². The van der Waals surface area contributed by atoms with Crippen molar-refractivity contribution in [2.75, 3.05) is 0 Å². The molecule has 15 heavy (non-hydrogen) atoms. The number of hydrogen-bond acceptors (Lipinski definition) is 1. The van der Waals surface area contributed by atoms with Crippen LogP contribution in [-0.4, -0.2) is 6.29 Å². The molecular weight excluding hydrogens is 184 g/mol. The molecule has 0 spiro atoms. The first-order valence-electron chi connectivity index (χ1n) is 5.61. The Labute approximate surface area is 90.8 Å². The summed E-state index contributed by atoms with van der Waals surface area (Å²) in [6, 6.07) is 8.41. The average molecular weight is 200 g/mol. The fourth-order valence-corrected chi connectivity index (χ4v) is 2.47. The molecule has 1 aromatic rings. The van der Waals surface area contributed by atoms with Crippen molar-refractivity contribution in [1.82, 2.24) is 0 Å². The summed E-state index contributed by atoms with van der Waals surface area (Å²) >= 11 is 0. The second kappa shape index (κ2) is 4.01. The molecule has 1 aliphatic rings. The van der Waals surface area contributed by atoms with Gasteiger partial charge in [-0.1, -0.05) is 38.1 Å². The molecule has 1 unspecified atom stereocenters. The molecule has 1 heteroatoms. The van der Waals surface area contributed by atoms with Crippen molar-refractivity contribution < 1.29 is 4.79 Å². The molecule has 1 atom stereocenters. The van der Waals surface area contributed by atoms with E-state index >= 15 is 0 Å². The van der Waals surface area contributed by atoms with Crippen molar-refractivity contribution in [2.24, 2.45) is 0 Å². The summed E-state index contributed by atoms with van der Waals surface area (Å²) in [5.74, 6) is 0.487. The topological polar surface area (TPSA) is 17.1 Å². The zero-order chi connectivity index (χ0) is 10.8. The Morgan fingerprint density at radius 2 is 2.07 bits per heavy atom. The SMILES string of the molecule is CC/C(C=O)=C1/c2ccccc2C1CC. The van der Waals surface area contributed by atoms with Crippen LogP contribution in [0.1, 0.15) is 43.7 Å². The van der Waals surface area contributed by atoms with Crippen LogP contribution in [0.15, 0.2) is 29.8 Å². The lowest BCUT2D eigenvalue weighted by Crippen LogP contribution is -2.17. The van der Waals surface area contributed by atoms with E-state index in [1.807, 2.05) is 13.0 Å². The van der Waals surface area contributed by atoms with Crippen LogP contribution in [0.3, 0.4) is 0 Å². The molecule has 1 aliphatic carbocycles. The van der Waals surface area contributed by atoms with Crippen LogP contribution in [0.2, 0.25) is 0 Å². The van der Waals surface area contributed by atoms with E-state index in [9.17, 15) is 4.79 Å². The summed E-state index contributed by atoms with van der Waals surface area (Å²) in [4.78, 5) is 11.0. The lowest BCUT2D eigenvalue weighted by Gasteiger charge is -2.34. The number of fused-ring (bicyclic) bond motifs is 1. The fourth-order valence-electron chi connectivity index (χ4n) is 2.47. The molecule has 0 bridgehead atoms. The van der Waals surface area contributed by atoms with E-state index in [0.717, 1.165) is 24.7 Å². The molecule has 0 saturated carbocycles. The third-order valence-electron chi connectivity index (χ3n) is 3.25. The lowest BCUT2D eigenvalue weighted by molar-refractivity contribution is -0.105. The van der Waals surface area contributed by atoms with Crippen LogP contribution < -0.4 is 0 Å². The number of hydrogen-bond donors (Lipinski definition) is 0. The first-order chi connectivity index (χ1) is 7.33. The summed E-state index contributed by atoms with van der Waals surface area (Å²) in [7, 11) is 0. The van der Waals surface area contributed by atoms with Gasteiger partial charge < -0.3 is 0 Å². The summed E-state index contributed by atoms with van der Waals surface area (Å²) in [5, 5.41) is 0.